The highest BCUT2D eigenvalue weighted by atomic mass is 16.9. The Morgan fingerprint density at radius 3 is 2.21 bits per heavy atom. The molecule has 1 aromatic rings. The maximum Gasteiger partial charge on any atom is 0.252 e. The quantitative estimate of drug-likeness (QED) is 0.412. The van der Waals surface area contributed by atoms with Gasteiger partial charge in [-0.3, -0.25) is 14.4 Å². The standard InChI is InChI=1S/C22H29N3O9/c1-21(2)31-15-16(32-21)18-20(34-22(3,4)33-18)30-17(15)19(29)24-9-13(27)23-10-14(28)25-11-7-5-6-8-12(11)26/h5-8,15-18,20,26H,9-10H2,1-4H3,(H,23,27)(H,24,29)(H,25,28)/t15-,16+,17-,18-,20-/m1/s1. The summed E-state index contributed by atoms with van der Waals surface area (Å²) in [6.07, 6.45) is -3.87. The number of ether oxygens (including phenoxy) is 5. The van der Waals surface area contributed by atoms with Crippen LogP contribution in [0.2, 0.25) is 0 Å². The van der Waals surface area contributed by atoms with Crippen molar-refractivity contribution in [1.29, 1.82) is 0 Å². The number of fused-ring (bicyclic) bond motifs is 3. The highest BCUT2D eigenvalue weighted by Crippen LogP contribution is 2.44. The minimum atomic E-state index is -1.09. The number of benzene rings is 1. The van der Waals surface area contributed by atoms with Crippen molar-refractivity contribution in [3.8, 4) is 5.75 Å². The zero-order valence-electron chi connectivity index (χ0n) is 19.3. The van der Waals surface area contributed by atoms with E-state index in [0.717, 1.165) is 0 Å². The molecule has 3 heterocycles. The molecule has 1 aromatic carbocycles. The molecule has 3 saturated heterocycles. The first-order chi connectivity index (χ1) is 15.9. The molecule has 186 valence electrons. The fraction of sp³-hybridized carbons (Fsp3) is 0.591. The van der Waals surface area contributed by atoms with Gasteiger partial charge in [0.1, 0.15) is 24.1 Å². The third-order valence-corrected chi connectivity index (χ3v) is 5.46. The van der Waals surface area contributed by atoms with Gasteiger partial charge >= 0.3 is 0 Å². The van der Waals surface area contributed by atoms with Crippen molar-refractivity contribution in [1.82, 2.24) is 10.6 Å². The van der Waals surface area contributed by atoms with Gasteiger partial charge in [0, 0.05) is 0 Å². The summed E-state index contributed by atoms with van der Waals surface area (Å²) in [6.45, 7) is 6.19. The van der Waals surface area contributed by atoms with E-state index >= 15 is 0 Å². The molecule has 3 amide bonds. The molecule has 4 N–H and O–H groups in total. The third kappa shape index (κ3) is 5.31. The smallest absolute Gasteiger partial charge is 0.252 e. The van der Waals surface area contributed by atoms with Crippen LogP contribution in [-0.2, 0) is 38.1 Å². The second-order valence-electron chi connectivity index (χ2n) is 9.15. The van der Waals surface area contributed by atoms with Gasteiger partial charge in [-0.05, 0) is 39.8 Å². The summed E-state index contributed by atoms with van der Waals surface area (Å²) in [5, 5.41) is 17.1. The highest BCUT2D eigenvalue weighted by molar-refractivity contribution is 5.96. The van der Waals surface area contributed by atoms with E-state index in [-0.39, 0.29) is 24.5 Å². The molecule has 0 aliphatic carbocycles. The minimum absolute atomic E-state index is 0.0937. The van der Waals surface area contributed by atoms with Crippen molar-refractivity contribution in [2.24, 2.45) is 0 Å². The van der Waals surface area contributed by atoms with Crippen LogP contribution in [0, 0.1) is 0 Å². The van der Waals surface area contributed by atoms with Crippen LogP contribution >= 0.6 is 0 Å². The molecule has 0 saturated carbocycles. The normalized spacial score (nSPS) is 30.6. The molecule has 0 unspecified atom stereocenters. The lowest BCUT2D eigenvalue weighted by Crippen LogP contribution is -2.60. The van der Waals surface area contributed by atoms with Crippen molar-refractivity contribution in [2.45, 2.75) is 70.0 Å². The number of amides is 3. The number of para-hydroxylation sites is 2. The van der Waals surface area contributed by atoms with Crippen LogP contribution < -0.4 is 16.0 Å². The number of nitrogens with one attached hydrogen (secondary N) is 3. The first-order valence-corrected chi connectivity index (χ1v) is 10.9. The van der Waals surface area contributed by atoms with Crippen LogP contribution in [-0.4, -0.2) is 78.2 Å². The van der Waals surface area contributed by atoms with Crippen molar-refractivity contribution < 1.29 is 43.2 Å². The summed E-state index contributed by atoms with van der Waals surface area (Å²) >= 11 is 0. The van der Waals surface area contributed by atoms with Gasteiger partial charge in [0.2, 0.25) is 11.8 Å². The lowest BCUT2D eigenvalue weighted by atomic mass is 9.98. The van der Waals surface area contributed by atoms with Gasteiger partial charge in [0.25, 0.3) is 5.91 Å². The van der Waals surface area contributed by atoms with Crippen LogP contribution in [0.4, 0.5) is 5.69 Å². The Morgan fingerprint density at radius 2 is 1.47 bits per heavy atom. The lowest BCUT2D eigenvalue weighted by Gasteiger charge is -2.36. The third-order valence-electron chi connectivity index (χ3n) is 5.46. The molecule has 3 aliphatic rings. The minimum Gasteiger partial charge on any atom is -0.506 e. The highest BCUT2D eigenvalue weighted by Gasteiger charge is 2.62. The predicted octanol–water partition coefficient (Wildman–Crippen LogP) is -0.0404. The Balaban J connectivity index is 1.29. The van der Waals surface area contributed by atoms with E-state index in [9.17, 15) is 19.5 Å². The maximum absolute atomic E-state index is 12.9. The Bertz CT molecular complexity index is 967. The summed E-state index contributed by atoms with van der Waals surface area (Å²) < 4.78 is 29.3. The second kappa shape index (κ2) is 9.12. The Labute approximate surface area is 196 Å². The molecule has 0 radical (unpaired) electrons. The number of anilines is 1. The summed E-state index contributed by atoms with van der Waals surface area (Å²) in [5.74, 6) is -3.68. The van der Waals surface area contributed by atoms with E-state index in [4.69, 9.17) is 23.7 Å². The monoisotopic (exact) mass is 479 g/mol. The summed E-state index contributed by atoms with van der Waals surface area (Å²) in [7, 11) is 0. The van der Waals surface area contributed by atoms with Gasteiger partial charge in [-0.1, -0.05) is 12.1 Å². The molecular weight excluding hydrogens is 450 g/mol. The largest absolute Gasteiger partial charge is 0.506 e. The Hall–Kier alpha value is -2.77. The van der Waals surface area contributed by atoms with Crippen LogP contribution in [0.25, 0.3) is 0 Å². The summed E-state index contributed by atoms with van der Waals surface area (Å²) in [5.41, 5.74) is 0.223. The van der Waals surface area contributed by atoms with Gasteiger partial charge in [0.15, 0.2) is 24.0 Å². The number of hydrogen-bond acceptors (Lipinski definition) is 9. The van der Waals surface area contributed by atoms with Gasteiger partial charge in [-0.2, -0.15) is 0 Å². The number of phenols is 1. The van der Waals surface area contributed by atoms with E-state index in [1.807, 2.05) is 0 Å². The maximum atomic E-state index is 12.9. The zero-order chi connectivity index (χ0) is 24.7. The van der Waals surface area contributed by atoms with E-state index in [1.54, 1.807) is 39.8 Å². The van der Waals surface area contributed by atoms with Crippen molar-refractivity contribution >= 4 is 23.4 Å². The van der Waals surface area contributed by atoms with Crippen LogP contribution in [0.15, 0.2) is 24.3 Å². The van der Waals surface area contributed by atoms with Crippen molar-refractivity contribution in [2.75, 3.05) is 18.4 Å². The molecule has 34 heavy (non-hydrogen) atoms. The average Bonchev–Trinajstić information content (AvgIpc) is 3.25. The molecule has 3 fully saturated rings. The zero-order valence-corrected chi connectivity index (χ0v) is 19.3. The molecular formula is C22H29N3O9. The molecule has 0 bridgehead atoms. The van der Waals surface area contributed by atoms with Crippen LogP contribution in [0.5, 0.6) is 5.75 Å². The number of hydrogen-bond donors (Lipinski definition) is 4. The van der Waals surface area contributed by atoms with Gasteiger partial charge in [-0.15, -0.1) is 0 Å². The molecule has 4 rings (SSSR count). The van der Waals surface area contributed by atoms with Gasteiger partial charge in [0.05, 0.1) is 18.8 Å². The van der Waals surface area contributed by atoms with Crippen molar-refractivity contribution in [3.05, 3.63) is 24.3 Å². The van der Waals surface area contributed by atoms with Crippen LogP contribution in [0.1, 0.15) is 27.7 Å². The summed E-state index contributed by atoms with van der Waals surface area (Å²) in [6, 6.07) is 6.21. The first kappa shape index (κ1) is 24.4. The number of aromatic hydroxyl groups is 1. The fourth-order valence-electron chi connectivity index (χ4n) is 4.11. The fourth-order valence-corrected chi connectivity index (χ4v) is 4.11. The number of rotatable bonds is 6. The summed E-state index contributed by atoms with van der Waals surface area (Å²) in [4.78, 5) is 37.0. The molecule has 12 heteroatoms. The Kier molecular flexibility index (Phi) is 6.53. The SMILES string of the molecule is CC1(C)O[C@H]2[C@@H](O1)[C@H](C(=O)NCC(=O)NCC(=O)Nc1ccccc1O)O[C@@H]1OC(C)(C)O[C@@H]12. The average molecular weight is 479 g/mol. The van der Waals surface area contributed by atoms with Gasteiger partial charge in [-0.25, -0.2) is 0 Å². The van der Waals surface area contributed by atoms with E-state index < -0.39 is 60.0 Å². The molecule has 0 spiro atoms. The topological polar surface area (TPSA) is 154 Å². The van der Waals surface area contributed by atoms with Crippen molar-refractivity contribution in [3.63, 3.8) is 0 Å². The van der Waals surface area contributed by atoms with Crippen LogP contribution in [0.3, 0.4) is 0 Å². The number of phenolic OH excluding ortho intramolecular Hbond substituents is 1. The first-order valence-electron chi connectivity index (χ1n) is 10.9. The Morgan fingerprint density at radius 1 is 0.853 bits per heavy atom. The molecule has 3 aliphatic heterocycles. The molecule has 0 aromatic heterocycles. The van der Waals surface area contributed by atoms with E-state index in [0.29, 0.717) is 0 Å². The van der Waals surface area contributed by atoms with E-state index in [2.05, 4.69) is 16.0 Å². The predicted molar refractivity (Wildman–Crippen MR) is 115 cm³/mol. The van der Waals surface area contributed by atoms with E-state index in [1.165, 1.54) is 12.1 Å². The number of carbonyl (C=O) groups excluding carboxylic acids is 3. The number of carbonyl (C=O) groups is 3. The van der Waals surface area contributed by atoms with Gasteiger partial charge < -0.3 is 44.7 Å². The lowest BCUT2D eigenvalue weighted by molar-refractivity contribution is -0.231. The molecule has 5 atom stereocenters. The second-order valence-corrected chi connectivity index (χ2v) is 9.15. The molecule has 12 nitrogen and oxygen atoms in total.